The molecule has 0 radical (unpaired) electrons. The van der Waals surface area contributed by atoms with Crippen LogP contribution in [-0.2, 0) is 41.9 Å². The summed E-state index contributed by atoms with van der Waals surface area (Å²) in [6.45, 7) is 9.85. The lowest BCUT2D eigenvalue weighted by Crippen LogP contribution is -2.45. The van der Waals surface area contributed by atoms with Crippen molar-refractivity contribution in [2.24, 2.45) is 23.2 Å². The third-order valence-corrected chi connectivity index (χ3v) is 10.4. The molecule has 3 aromatic carbocycles. The maximum absolute atomic E-state index is 15.1. The number of esters is 1. The van der Waals surface area contributed by atoms with Gasteiger partial charge < -0.3 is 29.7 Å². The van der Waals surface area contributed by atoms with Crippen LogP contribution in [0.4, 0.5) is 8.78 Å². The van der Waals surface area contributed by atoms with Gasteiger partial charge in [-0.15, -0.1) is 0 Å². The first-order valence-corrected chi connectivity index (χ1v) is 19.7. The van der Waals surface area contributed by atoms with Crippen molar-refractivity contribution in [2.75, 3.05) is 13.2 Å². The molecule has 0 aliphatic carbocycles. The third kappa shape index (κ3) is 12.9. The molecule has 4 rings (SSSR count). The largest absolute Gasteiger partial charge is 0.481 e. The van der Waals surface area contributed by atoms with E-state index in [0.717, 1.165) is 29.3 Å². The minimum Gasteiger partial charge on any atom is -0.481 e. The Hall–Kier alpha value is -5.69. The zero-order valence-electron chi connectivity index (χ0n) is 34.5. The molecule has 0 saturated heterocycles. The number of hydrogen-bond acceptors (Lipinski definition) is 7. The number of rotatable bonds is 20. The van der Waals surface area contributed by atoms with E-state index in [0.29, 0.717) is 17.8 Å². The number of aliphatic carboxylic acids is 1. The van der Waals surface area contributed by atoms with Crippen LogP contribution in [0.5, 0.6) is 0 Å². The second kappa shape index (κ2) is 20.8. The molecule has 0 aliphatic rings. The van der Waals surface area contributed by atoms with Crippen LogP contribution in [0.3, 0.4) is 0 Å². The van der Waals surface area contributed by atoms with Crippen molar-refractivity contribution in [1.82, 2.24) is 14.8 Å². The summed E-state index contributed by atoms with van der Waals surface area (Å²) in [4.78, 5) is 67.1. The molecule has 0 unspecified atom stereocenters. The van der Waals surface area contributed by atoms with Gasteiger partial charge in [-0.3, -0.25) is 24.0 Å². The number of hydrogen-bond donors (Lipinski definition) is 3. The number of carboxylic acids is 1. The topological polar surface area (TPSA) is 155 Å². The summed E-state index contributed by atoms with van der Waals surface area (Å²) < 4.78 is 36.7. The van der Waals surface area contributed by atoms with Crippen LogP contribution in [0.2, 0.25) is 0 Å². The Morgan fingerprint density at radius 2 is 1.49 bits per heavy atom. The van der Waals surface area contributed by atoms with Gasteiger partial charge in [0.25, 0.3) is 0 Å². The molecule has 0 spiro atoms. The zero-order chi connectivity index (χ0) is 43.4. The van der Waals surface area contributed by atoms with Gasteiger partial charge in [-0.05, 0) is 60.1 Å². The maximum atomic E-state index is 15.1. The average molecular weight is 816 g/mol. The fourth-order valence-corrected chi connectivity index (χ4v) is 7.14. The predicted molar refractivity (Wildman–Crippen MR) is 218 cm³/mol. The quantitative estimate of drug-likeness (QED) is 0.0783. The van der Waals surface area contributed by atoms with E-state index in [1.165, 1.54) is 11.8 Å². The molecule has 4 aromatic rings. The van der Waals surface area contributed by atoms with Gasteiger partial charge in [-0.25, -0.2) is 8.78 Å². The first kappa shape index (κ1) is 46.0. The number of carbonyl (C=O) groups excluding carboxylic acids is 4. The molecule has 0 saturated carbocycles. The molecule has 3 N–H and O–H groups in total. The zero-order valence-corrected chi connectivity index (χ0v) is 34.5. The number of halogens is 2. The summed E-state index contributed by atoms with van der Waals surface area (Å²) in [6.07, 6.45) is 0.794. The standard InChI is InChI=1S/C46H55F2N3O8/c1-29(2)36(24-42(55)59-28-32-15-11-8-12-16-32)44(56)49-30(3)40(53)22-33(45(57)58)19-20-51(41(54)27-52)43(46(4,5)6)39-21-34(37-23-35(47)17-18-38(37)48)26-50(39)25-31-13-9-7-10-14-31/h7-18,21,23,26,29-30,33,36,43,52H,19-20,22,24-25,27-28H2,1-6H3,(H,49,56)(H,57,58)/t30-,33+,36-,43-/m0/s1. The van der Waals surface area contributed by atoms with Crippen molar-refractivity contribution >= 4 is 29.5 Å². The minimum atomic E-state index is -1.29. The number of nitrogens with one attached hydrogen (secondary N) is 1. The van der Waals surface area contributed by atoms with E-state index in [2.05, 4.69) is 5.32 Å². The van der Waals surface area contributed by atoms with E-state index < -0.39 is 83.5 Å². The first-order chi connectivity index (χ1) is 27.9. The molecule has 4 atom stereocenters. The maximum Gasteiger partial charge on any atom is 0.307 e. The number of nitrogens with zero attached hydrogens (tertiary/aromatic N) is 2. The number of ketones is 1. The Morgan fingerprint density at radius 1 is 0.864 bits per heavy atom. The highest BCUT2D eigenvalue weighted by molar-refractivity contribution is 5.92. The average Bonchev–Trinajstić information content (AvgIpc) is 3.59. The number of aromatic nitrogens is 1. The number of aliphatic hydroxyl groups excluding tert-OH is 1. The molecule has 1 aromatic heterocycles. The smallest absolute Gasteiger partial charge is 0.307 e. The van der Waals surface area contributed by atoms with Crippen molar-refractivity contribution in [1.29, 1.82) is 0 Å². The summed E-state index contributed by atoms with van der Waals surface area (Å²) in [5.41, 5.74) is 1.83. The summed E-state index contributed by atoms with van der Waals surface area (Å²) in [5.74, 6) is -7.33. The predicted octanol–water partition coefficient (Wildman–Crippen LogP) is 7.35. The fraction of sp³-hybridized carbons (Fsp3) is 0.413. The lowest BCUT2D eigenvalue weighted by molar-refractivity contribution is -0.149. The van der Waals surface area contributed by atoms with Crippen LogP contribution >= 0.6 is 0 Å². The van der Waals surface area contributed by atoms with Gasteiger partial charge in [-0.2, -0.15) is 0 Å². The van der Waals surface area contributed by atoms with Crippen LogP contribution in [0.1, 0.15) is 83.7 Å². The van der Waals surface area contributed by atoms with Gasteiger partial charge in [0, 0.05) is 42.5 Å². The van der Waals surface area contributed by atoms with Crippen molar-refractivity contribution in [3.05, 3.63) is 120 Å². The highest BCUT2D eigenvalue weighted by atomic mass is 19.1. The number of benzene rings is 3. The SMILES string of the molecule is CC(C)[C@H](CC(=O)OCc1ccccc1)C(=O)N[C@@H](C)C(=O)C[C@@H](CCN(C(=O)CO)[C@@H](c1cc(-c2cc(F)ccc2F)cn1Cc1ccccc1)C(C)(C)C)C(=O)O. The van der Waals surface area contributed by atoms with Gasteiger partial charge in [0.05, 0.1) is 30.3 Å². The van der Waals surface area contributed by atoms with E-state index in [4.69, 9.17) is 4.74 Å². The van der Waals surface area contributed by atoms with Crippen molar-refractivity contribution in [3.8, 4) is 11.1 Å². The summed E-state index contributed by atoms with van der Waals surface area (Å²) in [6, 6.07) is 21.4. The van der Waals surface area contributed by atoms with E-state index in [-0.39, 0.29) is 37.5 Å². The molecule has 13 heteroatoms. The molecule has 0 bridgehead atoms. The van der Waals surface area contributed by atoms with Crippen molar-refractivity contribution in [2.45, 2.75) is 86.0 Å². The Balaban J connectivity index is 1.54. The van der Waals surface area contributed by atoms with E-state index >= 15 is 4.39 Å². The number of carbonyl (C=O) groups is 5. The lowest BCUT2D eigenvalue weighted by atomic mass is 9.82. The summed E-state index contributed by atoms with van der Waals surface area (Å²) >= 11 is 0. The minimum absolute atomic E-state index is 0.0131. The number of ether oxygens (including phenoxy) is 1. The summed E-state index contributed by atoms with van der Waals surface area (Å²) in [7, 11) is 0. The van der Waals surface area contributed by atoms with Gasteiger partial charge in [0.1, 0.15) is 24.8 Å². The van der Waals surface area contributed by atoms with Crippen molar-refractivity contribution < 1.29 is 47.7 Å². The molecule has 0 fully saturated rings. The molecular formula is C46H55F2N3O8. The van der Waals surface area contributed by atoms with Crippen molar-refractivity contribution in [3.63, 3.8) is 0 Å². The van der Waals surface area contributed by atoms with E-state index in [9.17, 15) is 38.6 Å². The Kier molecular flexibility index (Phi) is 16.2. The van der Waals surface area contributed by atoms with Crippen LogP contribution in [0, 0.1) is 34.8 Å². The van der Waals surface area contributed by atoms with E-state index in [1.54, 1.807) is 26.1 Å². The van der Waals surface area contributed by atoms with Crippen LogP contribution < -0.4 is 5.32 Å². The van der Waals surface area contributed by atoms with Gasteiger partial charge >= 0.3 is 11.9 Å². The van der Waals surface area contributed by atoms with Gasteiger partial charge in [0.15, 0.2) is 5.78 Å². The van der Waals surface area contributed by atoms with Crippen LogP contribution in [0.25, 0.3) is 11.1 Å². The van der Waals surface area contributed by atoms with E-state index in [1.807, 2.05) is 86.0 Å². The Labute approximate surface area is 344 Å². The Bertz CT molecular complexity index is 2060. The van der Waals surface area contributed by atoms with Crippen LogP contribution in [-0.4, -0.2) is 68.4 Å². The molecular weight excluding hydrogens is 761 g/mol. The number of Topliss-reactive ketones (excluding diaryl/α,β-unsaturated/α-hetero) is 1. The van der Waals surface area contributed by atoms with Gasteiger partial charge in [-0.1, -0.05) is 95.3 Å². The van der Waals surface area contributed by atoms with Crippen LogP contribution in [0.15, 0.2) is 91.1 Å². The molecule has 0 aliphatic heterocycles. The molecule has 2 amide bonds. The number of aliphatic hydroxyl groups is 1. The van der Waals surface area contributed by atoms with Gasteiger partial charge in [0.2, 0.25) is 11.8 Å². The Morgan fingerprint density at radius 3 is 2.07 bits per heavy atom. The first-order valence-electron chi connectivity index (χ1n) is 19.7. The number of carboxylic acid groups (broad SMARTS) is 1. The highest BCUT2D eigenvalue weighted by Crippen LogP contribution is 2.41. The fourth-order valence-electron chi connectivity index (χ4n) is 7.14. The third-order valence-electron chi connectivity index (χ3n) is 10.4. The monoisotopic (exact) mass is 815 g/mol. The second-order valence-electron chi connectivity index (χ2n) is 16.3. The summed E-state index contributed by atoms with van der Waals surface area (Å²) in [5, 5.41) is 23.1. The molecule has 59 heavy (non-hydrogen) atoms. The highest BCUT2D eigenvalue weighted by Gasteiger charge is 2.38. The normalized spacial score (nSPS) is 13.6. The molecule has 316 valence electrons. The molecule has 11 nitrogen and oxygen atoms in total. The lowest BCUT2D eigenvalue weighted by Gasteiger charge is -2.41. The molecule has 1 heterocycles. The second-order valence-corrected chi connectivity index (χ2v) is 16.3. The number of amides is 2.